The Morgan fingerprint density at radius 1 is 0.359 bits per heavy atom. The minimum Gasteiger partial charge on any atom is -0.463 e. The molecule has 26 heteroatoms. The van der Waals surface area contributed by atoms with Gasteiger partial charge in [0.2, 0.25) is 0 Å². The van der Waals surface area contributed by atoms with Crippen LogP contribution in [0, 0.1) is 5.92 Å². The third-order valence-electron chi connectivity index (χ3n) is 23.4. The zero-order valence-corrected chi connectivity index (χ0v) is 74.3. The number of hydrogen-bond acceptors (Lipinski definition) is 24. The maximum atomic E-state index is 14.9. The van der Waals surface area contributed by atoms with Crippen molar-refractivity contribution in [2.24, 2.45) is 5.92 Å². The molecule has 10 N–H and O–H groups in total. The number of aliphatic hydroxyl groups excluding tert-OH is 9. The Balaban J connectivity index is 1.92. The summed E-state index contributed by atoms with van der Waals surface area (Å²) in [6.45, 7) is 7.92. The van der Waals surface area contributed by atoms with Crippen molar-refractivity contribution < 1.29 is 122 Å². The van der Waals surface area contributed by atoms with Gasteiger partial charge in [0.1, 0.15) is 92.6 Å². The lowest BCUT2D eigenvalue weighted by Crippen LogP contribution is -2.70. The molecule has 19 atom stereocenters. The number of hydrogen-bond donors (Lipinski definition) is 10. The van der Waals surface area contributed by atoms with E-state index in [1.54, 1.807) is 0 Å². The fourth-order valence-electron chi connectivity index (χ4n) is 15.8. The molecule has 0 aromatic carbocycles. The second kappa shape index (κ2) is 69.5. The van der Waals surface area contributed by atoms with Gasteiger partial charge in [-0.3, -0.25) is 28.2 Å². The van der Waals surface area contributed by atoms with Gasteiger partial charge in [0, 0.05) is 25.7 Å². The topological polar surface area (TPSA) is 380 Å². The fraction of sp³-hybridized carbons (Fsp3) is 0.934. The maximum absolute atomic E-state index is 14.9. The summed E-state index contributed by atoms with van der Waals surface area (Å²) in [5.74, 6) is -2.29. The highest BCUT2D eigenvalue weighted by Gasteiger charge is 2.60. The van der Waals surface area contributed by atoms with E-state index in [4.69, 9.17) is 46.9 Å². The first-order valence-electron chi connectivity index (χ1n) is 47.3. The highest BCUT2D eigenvalue weighted by Crippen LogP contribution is 2.49. The number of rotatable bonds is 76. The Labute approximate surface area is 705 Å². The zero-order valence-electron chi connectivity index (χ0n) is 73.4. The van der Waals surface area contributed by atoms with Gasteiger partial charge in [-0.05, 0) is 57.3 Å². The van der Waals surface area contributed by atoms with E-state index in [1.165, 1.54) is 186 Å². The van der Waals surface area contributed by atoms with Crippen LogP contribution >= 0.6 is 7.82 Å². The third-order valence-corrected chi connectivity index (χ3v) is 24.4. The molecule has 0 bridgehead atoms. The summed E-state index contributed by atoms with van der Waals surface area (Å²) in [5.41, 5.74) is 0. The second-order valence-corrected chi connectivity index (χ2v) is 35.6. The van der Waals surface area contributed by atoms with E-state index < -0.39 is 162 Å². The van der Waals surface area contributed by atoms with Crippen LogP contribution in [0.2, 0.25) is 0 Å². The molecule has 2 heterocycles. The van der Waals surface area contributed by atoms with Gasteiger partial charge in [-0.15, -0.1) is 0 Å². The zero-order chi connectivity index (χ0) is 85.5. The quantitative estimate of drug-likeness (QED) is 0.00889. The van der Waals surface area contributed by atoms with Crippen molar-refractivity contribution in [3.8, 4) is 0 Å². The van der Waals surface area contributed by atoms with Gasteiger partial charge >= 0.3 is 31.7 Å². The molecule has 3 aliphatic rings. The highest BCUT2D eigenvalue weighted by atomic mass is 31.2. The van der Waals surface area contributed by atoms with Crippen molar-refractivity contribution in [1.82, 2.24) is 0 Å². The first-order valence-corrected chi connectivity index (χ1v) is 48.8. The van der Waals surface area contributed by atoms with Crippen LogP contribution in [0.1, 0.15) is 407 Å². The van der Waals surface area contributed by atoms with E-state index in [1.807, 2.05) is 0 Å². The van der Waals surface area contributed by atoms with E-state index in [-0.39, 0.29) is 25.7 Å². The van der Waals surface area contributed by atoms with E-state index in [0.29, 0.717) is 38.0 Å². The normalized spacial score (nSPS) is 25.3. The molecular weight excluding hydrogens is 1520 g/mol. The molecule has 0 aromatic rings. The summed E-state index contributed by atoms with van der Waals surface area (Å²) in [5, 5.41) is 102. The lowest BCUT2D eigenvalue weighted by atomic mass is 9.84. The lowest BCUT2D eigenvalue weighted by molar-refractivity contribution is -0.360. The van der Waals surface area contributed by atoms with Crippen LogP contribution in [-0.2, 0) is 70.7 Å². The van der Waals surface area contributed by atoms with E-state index in [2.05, 4.69) is 46.8 Å². The van der Waals surface area contributed by atoms with Crippen LogP contribution in [0.25, 0.3) is 0 Å². The minimum absolute atomic E-state index is 0.0157. The first kappa shape index (κ1) is 108. The fourth-order valence-corrected chi connectivity index (χ4v) is 16.8. The van der Waals surface area contributed by atoms with Crippen molar-refractivity contribution in [2.45, 2.75) is 511 Å². The van der Waals surface area contributed by atoms with Crippen molar-refractivity contribution >= 4 is 31.7 Å². The molecule has 0 spiro atoms. The Morgan fingerprint density at radius 2 is 0.692 bits per heavy atom. The number of allylic oxidation sites excluding steroid dienone is 2. The molecule has 1 aliphatic carbocycles. The van der Waals surface area contributed by atoms with Crippen LogP contribution in [0.3, 0.4) is 0 Å². The van der Waals surface area contributed by atoms with Gasteiger partial charge in [0.25, 0.3) is 0 Å². The number of carbonyl (C=O) groups is 4. The van der Waals surface area contributed by atoms with Crippen LogP contribution in [0.5, 0.6) is 0 Å². The number of esters is 4. The number of ether oxygens (including phenoxy) is 8. The van der Waals surface area contributed by atoms with Gasteiger partial charge in [-0.25, -0.2) is 4.57 Å². The molecule has 2 saturated heterocycles. The number of phosphoric ester groups is 1. The average molecular weight is 1690 g/mol. The smallest absolute Gasteiger partial charge is 0.463 e. The molecule has 3 rings (SSSR count). The van der Waals surface area contributed by atoms with Crippen molar-refractivity contribution in [1.29, 1.82) is 0 Å². The molecule has 0 radical (unpaired) electrons. The Morgan fingerprint density at radius 3 is 1.11 bits per heavy atom. The summed E-state index contributed by atoms with van der Waals surface area (Å²) < 4.78 is 73.4. The van der Waals surface area contributed by atoms with Crippen LogP contribution < -0.4 is 0 Å². The van der Waals surface area contributed by atoms with Crippen LogP contribution in [0.4, 0.5) is 0 Å². The van der Waals surface area contributed by atoms with E-state index in [0.717, 1.165) is 128 Å². The third kappa shape index (κ3) is 50.1. The molecular formula is C91H169O25P. The van der Waals surface area contributed by atoms with Crippen molar-refractivity contribution in [3.63, 3.8) is 0 Å². The maximum Gasteiger partial charge on any atom is 0.472 e. The van der Waals surface area contributed by atoms with Crippen LogP contribution in [0.15, 0.2) is 12.2 Å². The summed E-state index contributed by atoms with van der Waals surface area (Å²) >= 11 is 0. The predicted molar refractivity (Wildman–Crippen MR) is 453 cm³/mol. The minimum atomic E-state index is -5.81. The molecule has 1 saturated carbocycles. The molecule has 25 nitrogen and oxygen atoms in total. The number of unbranched alkanes of at least 4 members (excludes halogenated alkanes) is 46. The number of carbonyl (C=O) groups excluding carboxylic acids is 4. The molecule has 117 heavy (non-hydrogen) atoms. The van der Waals surface area contributed by atoms with Crippen molar-refractivity contribution in [3.05, 3.63) is 12.2 Å². The Kier molecular flexibility index (Phi) is 64.4. The van der Waals surface area contributed by atoms with Crippen molar-refractivity contribution in [2.75, 3.05) is 26.4 Å². The molecule has 2 aliphatic heterocycles. The Hall–Kier alpha value is -2.79. The Bertz CT molecular complexity index is 2500. The van der Waals surface area contributed by atoms with Gasteiger partial charge in [0.05, 0.1) is 13.2 Å². The molecule has 688 valence electrons. The monoisotopic (exact) mass is 1690 g/mol. The standard InChI is InChI=1S/C91H169O25P/c1-6-10-14-18-22-25-28-31-32-33-36-39-42-45-53-59-65-77(96)113-86-82(101)83(102)87(114-90-84(103)80(99)78(97)72(66-92)111-90)89(88(86)115-91-85(104)81(100)79(98)73(112-91)69-108-75(94)63-57-51-47-46-49-55-61-70(5)60-54-48-21-17-13-9-4)116-117(105,106)109-68-71(110-76(95)64-58-52-44-41-38-35-30-27-24-20-16-12-8-3)67-107-74(93)62-56-50-43-40-37-34-29-26-23-19-15-11-7-2/h34,37,70-73,78-92,97-104H,6-33,35-36,38-69H2,1-5H3,(H,105,106)/b37-34-. The second-order valence-electron chi connectivity index (χ2n) is 34.2. The summed E-state index contributed by atoms with van der Waals surface area (Å²) in [6, 6.07) is 0. The van der Waals surface area contributed by atoms with Gasteiger partial charge in [-0.2, -0.15) is 0 Å². The van der Waals surface area contributed by atoms with Crippen LogP contribution in [-0.4, -0.2) is 205 Å². The summed E-state index contributed by atoms with van der Waals surface area (Å²) in [6.07, 6.45) is 26.4. The largest absolute Gasteiger partial charge is 0.472 e. The average Bonchev–Trinajstić information content (AvgIpc) is 0.754. The number of phosphoric acid groups is 1. The lowest BCUT2D eigenvalue weighted by Gasteiger charge is -2.50. The first-order chi connectivity index (χ1) is 56.6. The van der Waals surface area contributed by atoms with E-state index in [9.17, 15) is 74.6 Å². The molecule has 3 fully saturated rings. The SMILES string of the molecule is CCCCCCCC/C=C\CCCCCC(=O)OCC(COP(=O)(O)OC1C(OC2OC(CO)C(O)C(O)C2O)C(O)C(O)C(OC(=O)CCCCCCCCCCCCCCCCCC)C1OC1OC(COC(=O)CCCCCCCCC(C)CCCCCCCC)C(O)C(O)C1O)OC(=O)CCCCCCCCCCCCCCC. The van der Waals surface area contributed by atoms with Gasteiger partial charge in [-0.1, -0.05) is 342 Å². The summed E-state index contributed by atoms with van der Waals surface area (Å²) in [4.78, 5) is 66.5. The van der Waals surface area contributed by atoms with Gasteiger partial charge in [0.15, 0.2) is 24.8 Å². The molecule has 0 amide bonds. The highest BCUT2D eigenvalue weighted by molar-refractivity contribution is 7.47. The number of aliphatic hydroxyl groups is 9. The van der Waals surface area contributed by atoms with E-state index >= 15 is 0 Å². The molecule has 19 unspecified atom stereocenters. The molecule has 0 aromatic heterocycles. The predicted octanol–water partition coefficient (Wildman–Crippen LogP) is 17.4. The van der Waals surface area contributed by atoms with Gasteiger partial charge < -0.3 is 88.7 Å². The summed E-state index contributed by atoms with van der Waals surface area (Å²) in [7, 11) is -5.81.